The zero-order valence-electron chi connectivity index (χ0n) is 11.5. The molecule has 108 valence electrons. The second-order valence-electron chi connectivity index (χ2n) is 4.41. The van der Waals surface area contributed by atoms with Crippen LogP contribution >= 0.6 is 11.3 Å². The number of anilines is 1. The Labute approximate surface area is 123 Å². The first-order chi connectivity index (χ1) is 9.50. The Morgan fingerprint density at radius 3 is 2.55 bits per heavy atom. The van der Waals surface area contributed by atoms with E-state index in [-0.39, 0.29) is 0 Å². The van der Waals surface area contributed by atoms with E-state index in [0.717, 1.165) is 16.1 Å². The minimum Gasteiger partial charge on any atom is -0.326 e. The summed E-state index contributed by atoms with van der Waals surface area (Å²) in [5.74, 6) is 0. The molecule has 0 aliphatic heterocycles. The van der Waals surface area contributed by atoms with Gasteiger partial charge in [0.25, 0.3) is 10.0 Å². The van der Waals surface area contributed by atoms with E-state index in [1.807, 2.05) is 38.1 Å². The molecule has 2 N–H and O–H groups in total. The third-order valence-corrected chi connectivity index (χ3v) is 6.07. The lowest BCUT2D eigenvalue weighted by Gasteiger charge is -2.23. The molecule has 0 bridgehead atoms. The number of nitrogens with zero attached hydrogens (tertiary/aromatic N) is 1. The molecule has 2 rings (SSSR count). The average Bonchev–Trinajstić information content (AvgIpc) is 2.91. The van der Waals surface area contributed by atoms with Gasteiger partial charge in [0.1, 0.15) is 0 Å². The van der Waals surface area contributed by atoms with Gasteiger partial charge in [-0.05, 0) is 31.5 Å². The maximum Gasteiger partial charge on any atom is 0.265 e. The highest BCUT2D eigenvalue weighted by Gasteiger charge is 2.25. The number of sulfonamides is 1. The van der Waals surface area contributed by atoms with Crippen molar-refractivity contribution in [2.24, 2.45) is 5.73 Å². The van der Waals surface area contributed by atoms with Gasteiger partial charge in [-0.15, -0.1) is 11.3 Å². The molecule has 0 saturated carbocycles. The molecule has 1 aromatic carbocycles. The van der Waals surface area contributed by atoms with Crippen molar-refractivity contribution in [1.82, 2.24) is 0 Å². The molecule has 0 fully saturated rings. The van der Waals surface area contributed by atoms with Crippen LogP contribution in [0.15, 0.2) is 40.6 Å². The van der Waals surface area contributed by atoms with Gasteiger partial charge in [-0.25, -0.2) is 8.42 Å². The topological polar surface area (TPSA) is 63.4 Å². The first-order valence-corrected chi connectivity index (χ1v) is 8.68. The number of hydrogen-bond donors (Lipinski definition) is 1. The van der Waals surface area contributed by atoms with Crippen molar-refractivity contribution >= 4 is 27.0 Å². The molecule has 0 saturated heterocycles. The van der Waals surface area contributed by atoms with Crippen molar-refractivity contribution in [3.05, 3.63) is 46.2 Å². The summed E-state index contributed by atoms with van der Waals surface area (Å²) in [4.78, 5) is 1.18. The molecular formula is C14H18N2O2S2. The second-order valence-corrected chi connectivity index (χ2v) is 7.27. The van der Waals surface area contributed by atoms with Crippen molar-refractivity contribution in [2.45, 2.75) is 25.3 Å². The lowest BCUT2D eigenvalue weighted by atomic mass is 10.2. The highest BCUT2D eigenvalue weighted by Crippen LogP contribution is 2.28. The normalized spacial score (nSPS) is 11.6. The van der Waals surface area contributed by atoms with Gasteiger partial charge < -0.3 is 5.73 Å². The predicted octanol–water partition coefficient (Wildman–Crippen LogP) is 2.73. The fraction of sp³-hybridized carbons (Fsp3) is 0.286. The number of para-hydroxylation sites is 1. The van der Waals surface area contributed by atoms with Crippen LogP contribution in [0.5, 0.6) is 0 Å². The number of thiophene rings is 1. The van der Waals surface area contributed by atoms with Gasteiger partial charge in [-0.2, -0.15) is 0 Å². The van der Waals surface area contributed by atoms with Gasteiger partial charge in [0, 0.05) is 23.3 Å². The number of benzene rings is 1. The number of hydrogen-bond acceptors (Lipinski definition) is 4. The summed E-state index contributed by atoms with van der Waals surface area (Å²) in [6.45, 7) is 4.49. The molecule has 1 heterocycles. The Hall–Kier alpha value is -1.37. The summed E-state index contributed by atoms with van der Waals surface area (Å²) < 4.78 is 26.9. The van der Waals surface area contributed by atoms with Crippen LogP contribution in [0.2, 0.25) is 0 Å². The van der Waals surface area contributed by atoms with Crippen molar-refractivity contribution in [2.75, 3.05) is 10.8 Å². The van der Waals surface area contributed by atoms with E-state index in [1.54, 1.807) is 11.4 Å². The van der Waals surface area contributed by atoms with Gasteiger partial charge in [-0.3, -0.25) is 4.31 Å². The minimum absolute atomic E-state index is 0.313. The molecule has 0 aliphatic rings. The Morgan fingerprint density at radius 1 is 1.30 bits per heavy atom. The maximum absolute atomic E-state index is 12.7. The largest absolute Gasteiger partial charge is 0.326 e. The molecule has 4 nitrogen and oxygen atoms in total. The number of nitrogens with two attached hydrogens (primary N) is 1. The summed E-state index contributed by atoms with van der Waals surface area (Å²) in [5.41, 5.74) is 7.21. The molecule has 6 heteroatoms. The van der Waals surface area contributed by atoms with E-state index < -0.39 is 10.0 Å². The smallest absolute Gasteiger partial charge is 0.265 e. The van der Waals surface area contributed by atoms with E-state index in [1.165, 1.54) is 15.6 Å². The summed E-state index contributed by atoms with van der Waals surface area (Å²) in [6, 6.07) is 9.13. The lowest BCUT2D eigenvalue weighted by molar-refractivity contribution is 0.592. The van der Waals surface area contributed by atoms with Crippen molar-refractivity contribution in [1.29, 1.82) is 0 Å². The Balaban J connectivity index is 2.48. The Kier molecular flexibility index (Phi) is 4.47. The fourth-order valence-electron chi connectivity index (χ4n) is 2.04. The van der Waals surface area contributed by atoms with Crippen LogP contribution in [0.1, 0.15) is 17.4 Å². The zero-order chi connectivity index (χ0) is 14.8. The van der Waals surface area contributed by atoms with E-state index in [9.17, 15) is 8.42 Å². The molecule has 0 unspecified atom stereocenters. The van der Waals surface area contributed by atoms with Crippen molar-refractivity contribution in [3.8, 4) is 0 Å². The minimum atomic E-state index is -3.53. The van der Waals surface area contributed by atoms with Crippen LogP contribution < -0.4 is 10.0 Å². The predicted molar refractivity (Wildman–Crippen MR) is 83.6 cm³/mol. The van der Waals surface area contributed by atoms with Crippen LogP contribution in [-0.2, 0) is 16.6 Å². The average molecular weight is 310 g/mol. The number of rotatable bonds is 5. The molecule has 1 aromatic heterocycles. The molecular weight excluding hydrogens is 292 g/mol. The molecule has 0 aliphatic carbocycles. The maximum atomic E-state index is 12.7. The zero-order valence-corrected chi connectivity index (χ0v) is 13.2. The van der Waals surface area contributed by atoms with Gasteiger partial charge in [0.05, 0.1) is 10.6 Å². The van der Waals surface area contributed by atoms with Gasteiger partial charge in [0.2, 0.25) is 0 Å². The van der Waals surface area contributed by atoms with E-state index >= 15 is 0 Å². The molecule has 0 amide bonds. The van der Waals surface area contributed by atoms with Gasteiger partial charge in [0.15, 0.2) is 0 Å². The summed E-state index contributed by atoms with van der Waals surface area (Å²) >= 11 is 1.37. The summed E-state index contributed by atoms with van der Waals surface area (Å²) in [6.07, 6.45) is 0. The third-order valence-electron chi connectivity index (χ3n) is 3.09. The van der Waals surface area contributed by atoms with Crippen molar-refractivity contribution < 1.29 is 8.42 Å². The summed E-state index contributed by atoms with van der Waals surface area (Å²) in [5, 5.41) is 1.65. The van der Waals surface area contributed by atoms with E-state index in [4.69, 9.17) is 5.73 Å². The molecule has 0 spiro atoms. The molecule has 2 aromatic rings. The Bertz CT molecular complexity index is 693. The van der Waals surface area contributed by atoms with Gasteiger partial charge >= 0.3 is 0 Å². The lowest BCUT2D eigenvalue weighted by Crippen LogP contribution is -2.31. The van der Waals surface area contributed by atoms with Gasteiger partial charge in [-0.1, -0.05) is 18.2 Å². The fourth-order valence-corrected chi connectivity index (χ4v) is 4.72. The van der Waals surface area contributed by atoms with Crippen LogP contribution in [0.4, 0.5) is 5.69 Å². The number of aryl methyl sites for hydroxylation is 1. The van der Waals surface area contributed by atoms with Crippen LogP contribution in [-0.4, -0.2) is 15.0 Å². The first kappa shape index (κ1) is 15.0. The Morgan fingerprint density at radius 2 is 2.00 bits per heavy atom. The van der Waals surface area contributed by atoms with Crippen LogP contribution in [0.25, 0.3) is 0 Å². The van der Waals surface area contributed by atoms with Crippen molar-refractivity contribution in [3.63, 3.8) is 0 Å². The van der Waals surface area contributed by atoms with Crippen LogP contribution in [0.3, 0.4) is 0 Å². The molecule has 0 radical (unpaired) electrons. The monoisotopic (exact) mass is 310 g/mol. The highest BCUT2D eigenvalue weighted by atomic mass is 32.2. The molecule has 20 heavy (non-hydrogen) atoms. The molecule has 0 atom stereocenters. The first-order valence-electron chi connectivity index (χ1n) is 6.36. The highest BCUT2D eigenvalue weighted by molar-refractivity contribution is 7.93. The SMILES string of the molecule is CCN(c1ccccc1C)S(=O)(=O)c1csc(CN)c1. The van der Waals surface area contributed by atoms with Crippen LogP contribution in [0, 0.1) is 6.92 Å². The second kappa shape index (κ2) is 5.95. The summed E-state index contributed by atoms with van der Waals surface area (Å²) in [7, 11) is -3.53. The van der Waals surface area contributed by atoms with E-state index in [0.29, 0.717) is 18.0 Å². The quantitative estimate of drug-likeness (QED) is 0.923. The third kappa shape index (κ3) is 2.72. The van der Waals surface area contributed by atoms with E-state index in [2.05, 4.69) is 0 Å². The standard InChI is InChI=1S/C14H18N2O2S2/c1-3-16(14-7-5-4-6-11(14)2)20(17,18)13-8-12(9-15)19-10-13/h4-8,10H,3,9,15H2,1-2H3.